The Hall–Kier alpha value is -0.750. The molecule has 3 heterocycles. The van der Waals surface area contributed by atoms with Gasteiger partial charge < -0.3 is 10.1 Å². The van der Waals surface area contributed by atoms with Gasteiger partial charge in [-0.3, -0.25) is 0 Å². The van der Waals surface area contributed by atoms with Crippen LogP contribution >= 0.6 is 22.7 Å². The van der Waals surface area contributed by atoms with Gasteiger partial charge in [-0.2, -0.15) is 0 Å². The van der Waals surface area contributed by atoms with Crippen molar-refractivity contribution in [1.82, 2.24) is 10.3 Å². The van der Waals surface area contributed by atoms with Gasteiger partial charge >= 0.3 is 0 Å². The average Bonchev–Trinajstić information content (AvgIpc) is 3.17. The molecule has 22 heavy (non-hydrogen) atoms. The highest BCUT2D eigenvalue weighted by Crippen LogP contribution is 2.29. The summed E-state index contributed by atoms with van der Waals surface area (Å²) >= 11 is 3.59. The van der Waals surface area contributed by atoms with Gasteiger partial charge in [0.05, 0.1) is 15.6 Å². The molecule has 0 spiro atoms. The summed E-state index contributed by atoms with van der Waals surface area (Å²) in [5.74, 6) is 0.769. The number of rotatable bonds is 6. The maximum absolute atomic E-state index is 5.44. The number of aromatic nitrogens is 1. The highest BCUT2D eigenvalue weighted by molar-refractivity contribution is 7.16. The Kier molecular flexibility index (Phi) is 5.63. The van der Waals surface area contributed by atoms with Crippen LogP contribution in [0.4, 0.5) is 0 Å². The minimum Gasteiger partial charge on any atom is -0.381 e. The van der Waals surface area contributed by atoms with Crippen LogP contribution in [0, 0.1) is 12.8 Å². The van der Waals surface area contributed by atoms with Crippen molar-refractivity contribution in [3.8, 4) is 10.6 Å². The van der Waals surface area contributed by atoms with Crippen LogP contribution in [0.15, 0.2) is 17.5 Å². The van der Waals surface area contributed by atoms with Crippen LogP contribution < -0.4 is 5.32 Å². The fraction of sp³-hybridized carbons (Fsp3) is 0.588. The van der Waals surface area contributed by atoms with Gasteiger partial charge in [-0.15, -0.1) is 22.7 Å². The number of thiophene rings is 1. The van der Waals surface area contributed by atoms with Crippen LogP contribution in [0.2, 0.25) is 0 Å². The Balaban J connectivity index is 1.46. The number of nitrogens with one attached hydrogen (secondary N) is 1. The maximum atomic E-state index is 5.44. The molecule has 0 aliphatic carbocycles. The summed E-state index contributed by atoms with van der Waals surface area (Å²) in [5.41, 5.74) is 1.13. The number of hydrogen-bond acceptors (Lipinski definition) is 5. The largest absolute Gasteiger partial charge is 0.381 e. The zero-order chi connectivity index (χ0) is 15.4. The summed E-state index contributed by atoms with van der Waals surface area (Å²) in [6.45, 7) is 7.28. The van der Waals surface area contributed by atoms with Gasteiger partial charge in [0.2, 0.25) is 0 Å². The van der Waals surface area contributed by atoms with E-state index in [4.69, 9.17) is 4.74 Å². The molecule has 1 fully saturated rings. The summed E-state index contributed by atoms with van der Waals surface area (Å²) in [4.78, 5) is 7.29. The van der Waals surface area contributed by atoms with Crippen LogP contribution in [-0.4, -0.2) is 30.8 Å². The van der Waals surface area contributed by atoms with E-state index in [1.54, 1.807) is 11.3 Å². The van der Waals surface area contributed by atoms with E-state index in [9.17, 15) is 0 Å². The van der Waals surface area contributed by atoms with E-state index < -0.39 is 0 Å². The normalized spacial score (nSPS) is 17.7. The second kappa shape index (κ2) is 7.68. The van der Waals surface area contributed by atoms with Crippen molar-refractivity contribution in [2.45, 2.75) is 39.2 Å². The lowest BCUT2D eigenvalue weighted by Gasteiger charge is -2.28. The molecule has 0 unspecified atom stereocenters. The number of thiazole rings is 1. The third-order valence-corrected chi connectivity index (χ3v) is 6.28. The lowest BCUT2D eigenvalue weighted by atomic mass is 9.93. The molecule has 3 rings (SSSR count). The minimum absolute atomic E-state index is 0.588. The molecule has 0 bridgehead atoms. The van der Waals surface area contributed by atoms with Crippen LogP contribution in [0.25, 0.3) is 10.6 Å². The molecule has 1 saturated heterocycles. The van der Waals surface area contributed by atoms with Crippen LogP contribution in [-0.2, 0) is 11.2 Å². The van der Waals surface area contributed by atoms with E-state index in [1.807, 2.05) is 11.3 Å². The summed E-state index contributed by atoms with van der Waals surface area (Å²) < 4.78 is 5.44. The minimum atomic E-state index is 0.588. The fourth-order valence-corrected chi connectivity index (χ4v) is 4.59. The molecule has 0 radical (unpaired) electrons. The van der Waals surface area contributed by atoms with Gasteiger partial charge in [-0.1, -0.05) is 0 Å². The van der Waals surface area contributed by atoms with E-state index in [0.717, 1.165) is 42.8 Å². The van der Waals surface area contributed by atoms with E-state index in [1.165, 1.54) is 22.6 Å². The Morgan fingerprint density at radius 3 is 2.91 bits per heavy atom. The van der Waals surface area contributed by atoms with Gasteiger partial charge in [0.1, 0.15) is 0 Å². The van der Waals surface area contributed by atoms with Crippen molar-refractivity contribution in [3.05, 3.63) is 27.4 Å². The van der Waals surface area contributed by atoms with Crippen molar-refractivity contribution in [2.24, 2.45) is 5.92 Å². The molecule has 120 valence electrons. The Morgan fingerprint density at radius 2 is 2.18 bits per heavy atom. The van der Waals surface area contributed by atoms with Gasteiger partial charge in [0, 0.05) is 36.1 Å². The summed E-state index contributed by atoms with van der Waals surface area (Å²) in [6, 6.07) is 5.04. The topological polar surface area (TPSA) is 34.2 Å². The second-order valence-electron chi connectivity index (χ2n) is 5.96. The molecule has 0 aromatic carbocycles. The molecular formula is C17H24N2OS2. The van der Waals surface area contributed by atoms with Crippen molar-refractivity contribution in [1.29, 1.82) is 0 Å². The molecule has 1 N–H and O–H groups in total. The third kappa shape index (κ3) is 4.16. The first-order chi connectivity index (χ1) is 10.7. The first-order valence-corrected chi connectivity index (χ1v) is 9.74. The summed E-state index contributed by atoms with van der Waals surface area (Å²) in [5, 5.41) is 6.98. The van der Waals surface area contributed by atoms with Crippen molar-refractivity contribution >= 4 is 22.7 Å². The first-order valence-electron chi connectivity index (χ1n) is 8.04. The number of aryl methyl sites for hydroxylation is 1. The Labute approximate surface area is 140 Å². The number of hydrogen-bond donors (Lipinski definition) is 1. The number of nitrogens with zero attached hydrogens (tertiary/aromatic N) is 1. The van der Waals surface area contributed by atoms with Crippen molar-refractivity contribution in [2.75, 3.05) is 19.8 Å². The lowest BCUT2D eigenvalue weighted by Crippen LogP contribution is -2.37. The SMILES string of the molecule is Cc1nc(-c2ccc(CCN[C@@H](C)C3CCOCC3)s2)cs1. The standard InChI is InChI=1S/C17H24N2OS2/c1-12(14-6-9-20-10-7-14)18-8-5-15-3-4-17(22-15)16-11-21-13(2)19-16/h3-4,11-12,14,18H,5-10H2,1-2H3/t12-/m0/s1. The molecular weight excluding hydrogens is 312 g/mol. The summed E-state index contributed by atoms with van der Waals surface area (Å²) in [6.07, 6.45) is 3.49. The van der Waals surface area contributed by atoms with E-state index in [2.05, 4.69) is 41.7 Å². The molecule has 5 heteroatoms. The predicted molar refractivity (Wildman–Crippen MR) is 94.9 cm³/mol. The summed E-state index contributed by atoms with van der Waals surface area (Å²) in [7, 11) is 0. The Bertz CT molecular complexity index is 587. The monoisotopic (exact) mass is 336 g/mol. The molecule has 2 aromatic rings. The zero-order valence-electron chi connectivity index (χ0n) is 13.3. The van der Waals surface area contributed by atoms with Crippen LogP contribution in [0.3, 0.4) is 0 Å². The van der Waals surface area contributed by atoms with Crippen LogP contribution in [0.5, 0.6) is 0 Å². The molecule has 2 aromatic heterocycles. The lowest BCUT2D eigenvalue weighted by molar-refractivity contribution is 0.0561. The van der Waals surface area contributed by atoms with Gasteiger partial charge in [0.15, 0.2) is 0 Å². The predicted octanol–water partition coefficient (Wildman–Crippen LogP) is 4.13. The molecule has 1 atom stereocenters. The van der Waals surface area contributed by atoms with E-state index in [0.29, 0.717) is 6.04 Å². The Morgan fingerprint density at radius 1 is 1.36 bits per heavy atom. The molecule has 3 nitrogen and oxygen atoms in total. The second-order valence-corrected chi connectivity index (χ2v) is 8.19. The third-order valence-electron chi connectivity index (χ3n) is 4.34. The van der Waals surface area contributed by atoms with Crippen molar-refractivity contribution < 1.29 is 4.74 Å². The van der Waals surface area contributed by atoms with Crippen LogP contribution in [0.1, 0.15) is 29.7 Å². The van der Waals surface area contributed by atoms with Crippen molar-refractivity contribution in [3.63, 3.8) is 0 Å². The van der Waals surface area contributed by atoms with Gasteiger partial charge in [-0.05, 0) is 51.2 Å². The first kappa shape index (κ1) is 16.1. The smallest absolute Gasteiger partial charge is 0.0914 e. The average molecular weight is 337 g/mol. The van der Waals surface area contributed by atoms with Gasteiger partial charge in [0.25, 0.3) is 0 Å². The van der Waals surface area contributed by atoms with E-state index in [-0.39, 0.29) is 0 Å². The molecule has 1 aliphatic heterocycles. The fourth-order valence-electron chi connectivity index (χ4n) is 2.93. The maximum Gasteiger partial charge on any atom is 0.0914 e. The molecule has 0 saturated carbocycles. The highest BCUT2D eigenvalue weighted by atomic mass is 32.1. The number of ether oxygens (including phenoxy) is 1. The quantitative estimate of drug-likeness (QED) is 0.861. The molecule has 1 aliphatic rings. The molecule has 0 amide bonds. The highest BCUT2D eigenvalue weighted by Gasteiger charge is 2.19. The van der Waals surface area contributed by atoms with E-state index >= 15 is 0 Å². The van der Waals surface area contributed by atoms with Gasteiger partial charge in [-0.25, -0.2) is 4.98 Å². The zero-order valence-corrected chi connectivity index (χ0v) is 14.9.